The second kappa shape index (κ2) is 4.68. The highest BCUT2D eigenvalue weighted by Crippen LogP contribution is 2.28. The van der Waals surface area contributed by atoms with Crippen LogP contribution in [0.15, 0.2) is 12.5 Å². The van der Waals surface area contributed by atoms with Crippen molar-refractivity contribution in [3.8, 4) is 5.88 Å². The Kier molecular flexibility index (Phi) is 2.82. The van der Waals surface area contributed by atoms with Gasteiger partial charge in [0.25, 0.3) is 5.91 Å². The van der Waals surface area contributed by atoms with Crippen LogP contribution < -0.4 is 10.1 Å². The van der Waals surface area contributed by atoms with Gasteiger partial charge in [0, 0.05) is 19.3 Å². The number of nitrogens with one attached hydrogen (secondary N) is 1. The summed E-state index contributed by atoms with van der Waals surface area (Å²) in [5.74, 6) is 0.179. The van der Waals surface area contributed by atoms with Crippen LogP contribution in [0.2, 0.25) is 0 Å². The van der Waals surface area contributed by atoms with Crippen molar-refractivity contribution in [2.75, 3.05) is 19.6 Å². The van der Waals surface area contributed by atoms with Crippen molar-refractivity contribution >= 4 is 5.91 Å². The lowest BCUT2D eigenvalue weighted by Gasteiger charge is -2.36. The number of carbonyl (C=O) groups excluding carboxylic acids is 1. The van der Waals surface area contributed by atoms with Crippen molar-refractivity contribution in [1.82, 2.24) is 20.2 Å². The minimum Gasteiger partial charge on any atom is -0.456 e. The van der Waals surface area contributed by atoms with Gasteiger partial charge < -0.3 is 14.8 Å². The lowest BCUT2D eigenvalue weighted by molar-refractivity contribution is -0.0899. The minimum atomic E-state index is -0.193. The number of ether oxygens (including phenoxy) is 2. The molecule has 4 rings (SSSR count). The fourth-order valence-electron chi connectivity index (χ4n) is 3.10. The van der Waals surface area contributed by atoms with Crippen LogP contribution in [-0.2, 0) is 4.74 Å². The second-order valence-electron chi connectivity index (χ2n) is 5.44. The van der Waals surface area contributed by atoms with E-state index in [2.05, 4.69) is 20.2 Å². The minimum absolute atomic E-state index is 0.181. The van der Waals surface area contributed by atoms with E-state index in [1.165, 1.54) is 12.5 Å². The maximum atomic E-state index is 12.0. The molecule has 2 bridgehead atoms. The molecule has 1 aromatic rings. The summed E-state index contributed by atoms with van der Waals surface area (Å²) >= 11 is 0. The molecule has 7 heteroatoms. The van der Waals surface area contributed by atoms with E-state index in [0.717, 1.165) is 25.9 Å². The lowest BCUT2D eigenvalue weighted by atomic mass is 10.2. The molecular formula is C13H16N4O3. The van der Waals surface area contributed by atoms with Gasteiger partial charge in [0.05, 0.1) is 18.8 Å². The number of nitrogens with zero attached hydrogens (tertiary/aromatic N) is 3. The average molecular weight is 276 g/mol. The van der Waals surface area contributed by atoms with Gasteiger partial charge in [-0.15, -0.1) is 0 Å². The predicted octanol–water partition coefficient (Wildman–Crippen LogP) is -0.212. The summed E-state index contributed by atoms with van der Waals surface area (Å²) < 4.78 is 11.8. The molecular weight excluding hydrogens is 260 g/mol. The number of amides is 1. The van der Waals surface area contributed by atoms with Crippen molar-refractivity contribution in [3.05, 3.63) is 18.1 Å². The van der Waals surface area contributed by atoms with Crippen molar-refractivity contribution in [3.63, 3.8) is 0 Å². The summed E-state index contributed by atoms with van der Waals surface area (Å²) in [6.07, 6.45) is 5.50. The van der Waals surface area contributed by atoms with Crippen LogP contribution in [0.5, 0.6) is 5.88 Å². The molecule has 3 atom stereocenters. The number of hydrogen-bond acceptors (Lipinski definition) is 6. The second-order valence-corrected chi connectivity index (χ2v) is 5.44. The Morgan fingerprint density at radius 1 is 1.30 bits per heavy atom. The molecule has 3 unspecified atom stereocenters. The first-order valence-corrected chi connectivity index (χ1v) is 6.94. The molecule has 4 heterocycles. The third kappa shape index (κ3) is 2.03. The van der Waals surface area contributed by atoms with Gasteiger partial charge in [-0.1, -0.05) is 0 Å². The quantitative estimate of drug-likeness (QED) is 0.765. The SMILES string of the molecule is O=C1NCC(N2CC3CCC(C2)O3)Oc2ncncc21. The molecule has 0 aromatic carbocycles. The van der Waals surface area contributed by atoms with Crippen LogP contribution >= 0.6 is 0 Å². The van der Waals surface area contributed by atoms with Gasteiger partial charge in [-0.3, -0.25) is 9.69 Å². The molecule has 106 valence electrons. The zero-order valence-corrected chi connectivity index (χ0v) is 11.0. The fourth-order valence-corrected chi connectivity index (χ4v) is 3.10. The van der Waals surface area contributed by atoms with Gasteiger partial charge in [-0.05, 0) is 12.8 Å². The fraction of sp³-hybridized carbons (Fsp3) is 0.615. The summed E-state index contributed by atoms with van der Waals surface area (Å²) in [6.45, 7) is 2.14. The first-order valence-electron chi connectivity index (χ1n) is 6.94. The summed E-state index contributed by atoms with van der Waals surface area (Å²) in [6, 6.07) is 0. The first-order chi connectivity index (χ1) is 9.79. The summed E-state index contributed by atoms with van der Waals surface area (Å²) in [5.41, 5.74) is 0.395. The number of carbonyl (C=O) groups is 1. The standard InChI is InChI=1S/C13H16N4O3/c18-12-10-3-14-7-16-13(10)20-11(4-15-12)17-5-8-1-2-9(6-17)19-8/h3,7-9,11H,1-2,4-6H2,(H,15,18). The zero-order chi connectivity index (χ0) is 13.5. The van der Waals surface area contributed by atoms with Crippen LogP contribution in [0.1, 0.15) is 23.2 Å². The van der Waals surface area contributed by atoms with E-state index in [1.54, 1.807) is 0 Å². The van der Waals surface area contributed by atoms with Crippen molar-refractivity contribution in [1.29, 1.82) is 0 Å². The highest BCUT2D eigenvalue weighted by molar-refractivity contribution is 5.96. The van der Waals surface area contributed by atoms with E-state index < -0.39 is 0 Å². The Bertz CT molecular complexity index is 526. The first kappa shape index (κ1) is 12.0. The highest BCUT2D eigenvalue weighted by Gasteiger charge is 2.38. The smallest absolute Gasteiger partial charge is 0.258 e. The normalized spacial score (nSPS) is 33.0. The Balaban J connectivity index is 1.57. The molecule has 7 nitrogen and oxygen atoms in total. The van der Waals surface area contributed by atoms with E-state index in [0.29, 0.717) is 30.2 Å². The molecule has 20 heavy (non-hydrogen) atoms. The van der Waals surface area contributed by atoms with Crippen LogP contribution in [0.3, 0.4) is 0 Å². The molecule has 3 aliphatic heterocycles. The molecule has 0 spiro atoms. The lowest BCUT2D eigenvalue weighted by Crippen LogP contribution is -2.53. The van der Waals surface area contributed by atoms with Crippen LogP contribution in [0.25, 0.3) is 0 Å². The molecule has 1 aromatic heterocycles. The van der Waals surface area contributed by atoms with Crippen molar-refractivity contribution in [2.45, 2.75) is 31.3 Å². The maximum Gasteiger partial charge on any atom is 0.258 e. The molecule has 0 saturated carbocycles. The topological polar surface area (TPSA) is 76.6 Å². The van der Waals surface area contributed by atoms with E-state index in [9.17, 15) is 4.79 Å². The van der Waals surface area contributed by atoms with Crippen molar-refractivity contribution in [2.24, 2.45) is 0 Å². The Labute approximate surface area is 116 Å². The maximum absolute atomic E-state index is 12.0. The molecule has 1 N–H and O–H groups in total. The Morgan fingerprint density at radius 2 is 2.10 bits per heavy atom. The van der Waals surface area contributed by atoms with Gasteiger partial charge in [0.15, 0.2) is 6.23 Å². The van der Waals surface area contributed by atoms with E-state index in [-0.39, 0.29) is 12.1 Å². The Hall–Kier alpha value is -1.73. The van der Waals surface area contributed by atoms with Gasteiger partial charge in [-0.2, -0.15) is 0 Å². The number of aromatic nitrogens is 2. The van der Waals surface area contributed by atoms with Crippen LogP contribution in [0.4, 0.5) is 0 Å². The third-order valence-corrected chi connectivity index (χ3v) is 4.08. The zero-order valence-electron chi connectivity index (χ0n) is 11.0. The number of rotatable bonds is 1. The molecule has 3 aliphatic rings. The van der Waals surface area contributed by atoms with Crippen LogP contribution in [0, 0.1) is 0 Å². The average Bonchev–Trinajstić information content (AvgIpc) is 2.71. The Morgan fingerprint density at radius 3 is 2.90 bits per heavy atom. The monoisotopic (exact) mass is 276 g/mol. The van der Waals surface area contributed by atoms with Crippen LogP contribution in [-0.4, -0.2) is 58.8 Å². The number of fused-ring (bicyclic) bond motifs is 3. The van der Waals surface area contributed by atoms with Gasteiger partial charge in [0.2, 0.25) is 5.88 Å². The largest absolute Gasteiger partial charge is 0.456 e. The summed E-state index contributed by atoms with van der Waals surface area (Å²) in [5, 5.41) is 2.87. The molecule has 0 radical (unpaired) electrons. The van der Waals surface area contributed by atoms with E-state index in [4.69, 9.17) is 9.47 Å². The molecule has 2 fully saturated rings. The van der Waals surface area contributed by atoms with Gasteiger partial charge in [0.1, 0.15) is 11.9 Å². The summed E-state index contributed by atoms with van der Waals surface area (Å²) in [4.78, 5) is 22.2. The van der Waals surface area contributed by atoms with E-state index >= 15 is 0 Å². The van der Waals surface area contributed by atoms with Gasteiger partial charge >= 0.3 is 0 Å². The summed E-state index contributed by atoms with van der Waals surface area (Å²) in [7, 11) is 0. The molecule has 1 amide bonds. The third-order valence-electron chi connectivity index (χ3n) is 4.08. The number of likely N-dealkylation sites (tertiary alicyclic amines) is 1. The van der Waals surface area contributed by atoms with Crippen molar-refractivity contribution < 1.29 is 14.3 Å². The number of morpholine rings is 1. The molecule has 0 aliphatic carbocycles. The van der Waals surface area contributed by atoms with Gasteiger partial charge in [-0.25, -0.2) is 9.97 Å². The highest BCUT2D eigenvalue weighted by atomic mass is 16.5. The predicted molar refractivity (Wildman–Crippen MR) is 68.2 cm³/mol. The number of hydrogen-bond donors (Lipinski definition) is 1. The molecule has 2 saturated heterocycles. The van der Waals surface area contributed by atoms with E-state index in [1.807, 2.05) is 0 Å².